The van der Waals surface area contributed by atoms with Crippen molar-refractivity contribution in [2.24, 2.45) is 5.92 Å². The van der Waals surface area contributed by atoms with Crippen LogP contribution in [0.15, 0.2) is 21.2 Å². The normalized spacial score (nSPS) is 12.5. The van der Waals surface area contributed by atoms with Crippen molar-refractivity contribution in [1.82, 2.24) is 10.6 Å². The molecule has 0 spiro atoms. The summed E-state index contributed by atoms with van der Waals surface area (Å²) < 4.78 is 6.01. The van der Waals surface area contributed by atoms with Crippen LogP contribution in [0, 0.1) is 5.92 Å². The largest absolute Gasteiger partial charge is 0.454 e. The second-order valence-electron chi connectivity index (χ2n) is 4.87. The van der Waals surface area contributed by atoms with E-state index < -0.39 is 0 Å². The third-order valence-electron chi connectivity index (χ3n) is 2.60. The molecule has 1 heterocycles. The molecule has 6 heteroatoms. The number of hydrogen-bond donors (Lipinski definition) is 3. The first-order valence-electron chi connectivity index (χ1n) is 6.40. The zero-order valence-electron chi connectivity index (χ0n) is 11.3. The number of rotatable bonds is 7. The van der Waals surface area contributed by atoms with Gasteiger partial charge in [0.05, 0.1) is 12.6 Å². The maximum absolute atomic E-state index is 11.6. The number of hydrogen-bond acceptors (Lipinski definition) is 3. The Labute approximate surface area is 121 Å². The molecule has 0 aliphatic carbocycles. The fourth-order valence-corrected chi connectivity index (χ4v) is 2.11. The molecule has 0 saturated heterocycles. The summed E-state index contributed by atoms with van der Waals surface area (Å²) in [5.41, 5.74) is 0. The molecule has 3 N–H and O–H groups in total. The molecule has 1 unspecified atom stereocenters. The number of amides is 2. The summed E-state index contributed by atoms with van der Waals surface area (Å²) in [5, 5.41) is 14.7. The van der Waals surface area contributed by atoms with Crippen LogP contribution in [0.5, 0.6) is 0 Å². The van der Waals surface area contributed by atoms with E-state index in [1.54, 1.807) is 0 Å². The van der Waals surface area contributed by atoms with E-state index in [-0.39, 0.29) is 18.7 Å². The second-order valence-corrected chi connectivity index (χ2v) is 5.65. The van der Waals surface area contributed by atoms with Gasteiger partial charge in [-0.3, -0.25) is 0 Å². The van der Waals surface area contributed by atoms with Crippen molar-refractivity contribution in [2.45, 2.75) is 32.7 Å². The van der Waals surface area contributed by atoms with Gasteiger partial charge in [-0.05, 0) is 40.4 Å². The van der Waals surface area contributed by atoms with Crippen LogP contribution in [0.3, 0.4) is 0 Å². The van der Waals surface area contributed by atoms with Gasteiger partial charge in [0.1, 0.15) is 5.76 Å². The molecule has 0 saturated carbocycles. The van der Waals surface area contributed by atoms with Crippen molar-refractivity contribution >= 4 is 22.0 Å². The molecule has 2 amide bonds. The van der Waals surface area contributed by atoms with Crippen LogP contribution in [0.25, 0.3) is 0 Å². The molecular weight excluding hydrogens is 312 g/mol. The van der Waals surface area contributed by atoms with E-state index >= 15 is 0 Å². The lowest BCUT2D eigenvalue weighted by atomic mass is 10.0. The molecule has 0 bridgehead atoms. The SMILES string of the molecule is CC(C)CC(CO)NC(=O)NCCc1ccc(Br)o1. The number of aliphatic hydroxyl groups excluding tert-OH is 1. The summed E-state index contributed by atoms with van der Waals surface area (Å²) in [5.74, 6) is 1.24. The summed E-state index contributed by atoms with van der Waals surface area (Å²) in [6, 6.07) is 3.22. The zero-order valence-corrected chi connectivity index (χ0v) is 12.9. The van der Waals surface area contributed by atoms with Crippen molar-refractivity contribution in [2.75, 3.05) is 13.2 Å². The molecule has 0 aliphatic rings. The van der Waals surface area contributed by atoms with E-state index in [4.69, 9.17) is 9.52 Å². The van der Waals surface area contributed by atoms with Gasteiger partial charge in [0.25, 0.3) is 0 Å². The Hall–Kier alpha value is -1.01. The average Bonchev–Trinajstić information content (AvgIpc) is 2.73. The minimum absolute atomic E-state index is 0.0449. The van der Waals surface area contributed by atoms with E-state index in [0.717, 1.165) is 12.2 Å². The first-order valence-corrected chi connectivity index (χ1v) is 7.20. The molecule has 0 aliphatic heterocycles. The minimum Gasteiger partial charge on any atom is -0.454 e. The third kappa shape index (κ3) is 6.63. The van der Waals surface area contributed by atoms with Gasteiger partial charge in [0.15, 0.2) is 4.67 Å². The lowest BCUT2D eigenvalue weighted by Gasteiger charge is -2.18. The maximum atomic E-state index is 11.6. The van der Waals surface area contributed by atoms with E-state index in [1.807, 2.05) is 12.1 Å². The third-order valence-corrected chi connectivity index (χ3v) is 3.02. The van der Waals surface area contributed by atoms with E-state index in [2.05, 4.69) is 40.4 Å². The Balaban J connectivity index is 2.23. The van der Waals surface area contributed by atoms with Gasteiger partial charge in [-0.15, -0.1) is 0 Å². The molecule has 1 rings (SSSR count). The summed E-state index contributed by atoms with van der Waals surface area (Å²) in [6.45, 7) is 4.55. The minimum atomic E-state index is -0.259. The van der Waals surface area contributed by atoms with Gasteiger partial charge in [-0.25, -0.2) is 4.79 Å². The monoisotopic (exact) mass is 332 g/mol. The van der Waals surface area contributed by atoms with Crippen molar-refractivity contribution in [3.63, 3.8) is 0 Å². The van der Waals surface area contributed by atoms with Gasteiger partial charge in [0, 0.05) is 13.0 Å². The maximum Gasteiger partial charge on any atom is 0.315 e. The highest BCUT2D eigenvalue weighted by atomic mass is 79.9. The number of furan rings is 1. The van der Waals surface area contributed by atoms with Crippen LogP contribution < -0.4 is 10.6 Å². The predicted molar refractivity (Wildman–Crippen MR) is 77.0 cm³/mol. The molecule has 0 radical (unpaired) electrons. The van der Waals surface area contributed by atoms with Crippen molar-refractivity contribution in [3.05, 3.63) is 22.6 Å². The smallest absolute Gasteiger partial charge is 0.315 e. The lowest BCUT2D eigenvalue weighted by Crippen LogP contribution is -2.44. The Morgan fingerprint density at radius 3 is 2.74 bits per heavy atom. The molecule has 1 aromatic rings. The van der Waals surface area contributed by atoms with Crippen LogP contribution in [0.4, 0.5) is 4.79 Å². The molecule has 0 aromatic carbocycles. The molecule has 5 nitrogen and oxygen atoms in total. The zero-order chi connectivity index (χ0) is 14.3. The first-order chi connectivity index (χ1) is 9.01. The molecular formula is C13H21BrN2O3. The lowest BCUT2D eigenvalue weighted by molar-refractivity contribution is 0.207. The Bertz CT molecular complexity index is 393. The van der Waals surface area contributed by atoms with Crippen molar-refractivity contribution in [3.8, 4) is 0 Å². The number of halogens is 1. The fraction of sp³-hybridized carbons (Fsp3) is 0.615. The second kappa shape index (κ2) is 8.22. The summed E-state index contributed by atoms with van der Waals surface area (Å²) in [4.78, 5) is 11.6. The average molecular weight is 333 g/mol. The van der Waals surface area contributed by atoms with Crippen LogP contribution in [0.1, 0.15) is 26.0 Å². The van der Waals surface area contributed by atoms with Crippen molar-refractivity contribution < 1.29 is 14.3 Å². The van der Waals surface area contributed by atoms with Crippen LogP contribution in [-0.2, 0) is 6.42 Å². The Kier molecular flexibility index (Phi) is 6.94. The summed E-state index contributed by atoms with van der Waals surface area (Å²) in [6.07, 6.45) is 1.39. The summed E-state index contributed by atoms with van der Waals surface area (Å²) in [7, 11) is 0. The van der Waals surface area contributed by atoms with E-state index in [1.165, 1.54) is 0 Å². The molecule has 1 atom stereocenters. The van der Waals surface area contributed by atoms with Gasteiger partial charge in [-0.1, -0.05) is 13.8 Å². The molecule has 1 aromatic heterocycles. The Morgan fingerprint density at radius 2 is 2.21 bits per heavy atom. The topological polar surface area (TPSA) is 74.5 Å². The Morgan fingerprint density at radius 1 is 1.47 bits per heavy atom. The van der Waals surface area contributed by atoms with Gasteiger partial charge in [-0.2, -0.15) is 0 Å². The highest BCUT2D eigenvalue weighted by Crippen LogP contribution is 2.13. The predicted octanol–water partition coefficient (Wildman–Crippen LogP) is 2.29. The first kappa shape index (κ1) is 16.0. The molecule has 0 fully saturated rings. The van der Waals surface area contributed by atoms with Crippen LogP contribution in [0.2, 0.25) is 0 Å². The quantitative estimate of drug-likeness (QED) is 0.717. The van der Waals surface area contributed by atoms with Gasteiger partial charge in [0.2, 0.25) is 0 Å². The van der Waals surface area contributed by atoms with Crippen molar-refractivity contribution in [1.29, 1.82) is 0 Å². The van der Waals surface area contributed by atoms with Crippen LogP contribution >= 0.6 is 15.9 Å². The highest BCUT2D eigenvalue weighted by molar-refractivity contribution is 9.10. The van der Waals surface area contributed by atoms with E-state index in [9.17, 15) is 4.79 Å². The number of carbonyl (C=O) groups is 1. The number of carbonyl (C=O) groups excluding carboxylic acids is 1. The highest BCUT2D eigenvalue weighted by Gasteiger charge is 2.12. The molecule has 19 heavy (non-hydrogen) atoms. The van der Waals surface area contributed by atoms with Gasteiger partial charge < -0.3 is 20.2 Å². The number of urea groups is 1. The van der Waals surface area contributed by atoms with Crippen LogP contribution in [-0.4, -0.2) is 30.3 Å². The fourth-order valence-electron chi connectivity index (χ4n) is 1.77. The number of nitrogens with one attached hydrogen (secondary N) is 2. The summed E-state index contributed by atoms with van der Waals surface area (Å²) >= 11 is 3.22. The number of aliphatic hydroxyl groups is 1. The van der Waals surface area contributed by atoms with E-state index in [0.29, 0.717) is 23.6 Å². The standard InChI is InChI=1S/C13H21BrN2O3/c1-9(2)7-10(8-17)16-13(18)15-6-5-11-3-4-12(14)19-11/h3-4,9-10,17H,5-8H2,1-2H3,(H2,15,16,18). The molecule has 108 valence electrons. The van der Waals surface area contributed by atoms with Gasteiger partial charge >= 0.3 is 6.03 Å².